The molecule has 1 aromatic carbocycles. The Hall–Kier alpha value is -1.39. The molecule has 0 spiro atoms. The molecule has 2 nitrogen and oxygen atoms in total. The zero-order valence-corrected chi connectivity index (χ0v) is 10.9. The molecule has 1 amide bonds. The molecule has 1 N–H and O–H groups in total. The maximum absolute atomic E-state index is 11.1. The lowest BCUT2D eigenvalue weighted by Crippen LogP contribution is -2.15. The van der Waals surface area contributed by atoms with Gasteiger partial charge in [0.1, 0.15) is 4.99 Å². The molecule has 0 saturated carbocycles. The number of nitrogens with one attached hydrogen (secondary N) is 1. The van der Waals surface area contributed by atoms with E-state index in [2.05, 4.69) is 11.4 Å². The van der Waals surface area contributed by atoms with Crippen molar-refractivity contribution < 1.29 is 4.79 Å². The topological polar surface area (TPSA) is 29.1 Å². The van der Waals surface area contributed by atoms with Gasteiger partial charge < -0.3 is 5.32 Å². The van der Waals surface area contributed by atoms with Crippen LogP contribution in [-0.4, -0.2) is 10.2 Å². The van der Waals surface area contributed by atoms with E-state index < -0.39 is 0 Å². The van der Waals surface area contributed by atoms with Crippen molar-refractivity contribution in [2.75, 3.05) is 0 Å². The molecule has 1 heterocycles. The summed E-state index contributed by atoms with van der Waals surface area (Å²) in [6, 6.07) is 10.0. The number of thiocarbonyl (C=S) groups is 1. The molecule has 1 aromatic rings. The van der Waals surface area contributed by atoms with Crippen molar-refractivity contribution in [2.24, 2.45) is 0 Å². The lowest BCUT2D eigenvalue weighted by Gasteiger charge is -1.97. The predicted molar refractivity (Wildman–Crippen MR) is 76.9 cm³/mol. The Morgan fingerprint density at radius 2 is 2.06 bits per heavy atom. The van der Waals surface area contributed by atoms with Crippen LogP contribution >= 0.6 is 24.0 Å². The number of hydrogen-bond donors (Lipinski definition) is 1. The molecular formula is C13H11NOS2. The van der Waals surface area contributed by atoms with Gasteiger partial charge >= 0.3 is 0 Å². The van der Waals surface area contributed by atoms with E-state index in [-0.39, 0.29) is 5.24 Å². The van der Waals surface area contributed by atoms with Gasteiger partial charge in [0.15, 0.2) is 0 Å². The lowest BCUT2D eigenvalue weighted by molar-refractivity contribution is 0.265. The molecule has 1 saturated heterocycles. The molecule has 86 valence electrons. The first-order valence-corrected chi connectivity index (χ1v) is 6.36. The Morgan fingerprint density at radius 1 is 1.35 bits per heavy atom. The van der Waals surface area contributed by atoms with Crippen LogP contribution in [0.2, 0.25) is 0 Å². The number of rotatable bonds is 2. The van der Waals surface area contributed by atoms with Crippen LogP contribution in [-0.2, 0) is 0 Å². The zero-order chi connectivity index (χ0) is 12.3. The summed E-state index contributed by atoms with van der Waals surface area (Å²) in [4.78, 5) is 12.4. The fourth-order valence-corrected chi connectivity index (χ4v) is 2.56. The van der Waals surface area contributed by atoms with E-state index >= 15 is 0 Å². The van der Waals surface area contributed by atoms with E-state index in [9.17, 15) is 4.79 Å². The summed E-state index contributed by atoms with van der Waals surface area (Å²) in [7, 11) is 0. The number of thioether (sulfide) groups is 1. The SMILES string of the molecule is CC(=Cc1ccccc1)/C=C1\SC(=O)NC1=S. The Kier molecular flexibility index (Phi) is 3.76. The van der Waals surface area contributed by atoms with Crippen LogP contribution in [0, 0.1) is 0 Å². The highest BCUT2D eigenvalue weighted by atomic mass is 32.2. The van der Waals surface area contributed by atoms with Crippen molar-refractivity contribution in [3.63, 3.8) is 0 Å². The van der Waals surface area contributed by atoms with E-state index in [4.69, 9.17) is 12.2 Å². The second-order valence-corrected chi connectivity index (χ2v) is 5.07. The standard InChI is InChI=1S/C13H11NOS2/c1-9(7-10-5-3-2-4-6-10)8-11-12(16)14-13(15)17-11/h2-8H,1H3,(H,14,15,16)/b9-7?,11-8-. The largest absolute Gasteiger partial charge is 0.307 e. The first-order chi connectivity index (χ1) is 8.15. The van der Waals surface area contributed by atoms with Crippen LogP contribution in [0.3, 0.4) is 0 Å². The summed E-state index contributed by atoms with van der Waals surface area (Å²) in [5.41, 5.74) is 2.20. The minimum Gasteiger partial charge on any atom is -0.307 e. The maximum atomic E-state index is 11.1. The number of carbonyl (C=O) groups excluding carboxylic acids is 1. The van der Waals surface area contributed by atoms with Gasteiger partial charge in [-0.3, -0.25) is 4.79 Å². The van der Waals surface area contributed by atoms with Crippen molar-refractivity contribution in [3.8, 4) is 0 Å². The molecular weight excluding hydrogens is 250 g/mol. The van der Waals surface area contributed by atoms with E-state index in [1.165, 1.54) is 0 Å². The van der Waals surface area contributed by atoms with Crippen LogP contribution in [0.15, 0.2) is 46.9 Å². The van der Waals surface area contributed by atoms with Crippen LogP contribution in [0.25, 0.3) is 6.08 Å². The maximum Gasteiger partial charge on any atom is 0.289 e. The van der Waals surface area contributed by atoms with E-state index in [1.807, 2.05) is 43.3 Å². The highest BCUT2D eigenvalue weighted by molar-refractivity contribution is 8.19. The number of amides is 1. The Balaban J connectivity index is 2.19. The molecule has 0 aliphatic carbocycles. The Morgan fingerprint density at radius 3 is 2.65 bits per heavy atom. The summed E-state index contributed by atoms with van der Waals surface area (Å²) in [6.07, 6.45) is 3.98. The summed E-state index contributed by atoms with van der Waals surface area (Å²) in [6.45, 7) is 1.99. The monoisotopic (exact) mass is 261 g/mol. The number of benzene rings is 1. The van der Waals surface area contributed by atoms with E-state index in [0.29, 0.717) is 4.99 Å². The van der Waals surface area contributed by atoms with Gasteiger partial charge in [-0.25, -0.2) is 0 Å². The van der Waals surface area contributed by atoms with E-state index in [1.54, 1.807) is 0 Å². The van der Waals surface area contributed by atoms with Crippen LogP contribution in [0.1, 0.15) is 12.5 Å². The van der Waals surface area contributed by atoms with Crippen molar-refractivity contribution in [1.29, 1.82) is 0 Å². The quantitative estimate of drug-likeness (QED) is 0.649. The minimum atomic E-state index is -0.103. The van der Waals surface area contributed by atoms with Gasteiger partial charge in [-0.05, 0) is 35.9 Å². The fraction of sp³-hybridized carbons (Fsp3) is 0.0769. The Bertz CT molecular complexity index is 517. The molecule has 17 heavy (non-hydrogen) atoms. The molecule has 0 bridgehead atoms. The molecule has 0 atom stereocenters. The first-order valence-electron chi connectivity index (χ1n) is 5.13. The average molecular weight is 261 g/mol. The smallest absolute Gasteiger partial charge is 0.289 e. The second kappa shape index (κ2) is 5.29. The second-order valence-electron chi connectivity index (χ2n) is 3.65. The molecule has 1 aliphatic rings. The summed E-state index contributed by atoms with van der Waals surface area (Å²) < 4.78 is 0. The minimum absolute atomic E-state index is 0.103. The van der Waals surface area contributed by atoms with Crippen molar-refractivity contribution >= 4 is 40.3 Å². The lowest BCUT2D eigenvalue weighted by atomic mass is 10.1. The third-order valence-electron chi connectivity index (χ3n) is 2.19. The third-order valence-corrected chi connectivity index (χ3v) is 3.48. The molecule has 1 aliphatic heterocycles. The highest BCUT2D eigenvalue weighted by Crippen LogP contribution is 2.25. The molecule has 4 heteroatoms. The first kappa shape index (κ1) is 12.1. The number of hydrogen-bond acceptors (Lipinski definition) is 3. The highest BCUT2D eigenvalue weighted by Gasteiger charge is 2.21. The van der Waals surface area contributed by atoms with Gasteiger partial charge in [-0.15, -0.1) is 0 Å². The molecule has 1 fully saturated rings. The van der Waals surface area contributed by atoms with Crippen molar-refractivity contribution in [1.82, 2.24) is 5.32 Å². The zero-order valence-electron chi connectivity index (χ0n) is 9.27. The van der Waals surface area contributed by atoms with Gasteiger partial charge in [-0.2, -0.15) is 0 Å². The normalized spacial score (nSPS) is 18.6. The van der Waals surface area contributed by atoms with Crippen LogP contribution in [0.4, 0.5) is 4.79 Å². The van der Waals surface area contributed by atoms with Crippen LogP contribution in [0.5, 0.6) is 0 Å². The summed E-state index contributed by atoms with van der Waals surface area (Å²) in [5.74, 6) is 0. The van der Waals surface area contributed by atoms with Crippen molar-refractivity contribution in [3.05, 3.63) is 52.4 Å². The molecule has 0 aromatic heterocycles. The predicted octanol–water partition coefficient (Wildman–Crippen LogP) is 3.76. The van der Waals surface area contributed by atoms with Gasteiger partial charge in [0.2, 0.25) is 0 Å². The third kappa shape index (κ3) is 3.28. The van der Waals surface area contributed by atoms with Crippen molar-refractivity contribution in [2.45, 2.75) is 6.92 Å². The van der Waals surface area contributed by atoms with Gasteiger partial charge in [-0.1, -0.05) is 48.6 Å². The fourth-order valence-electron chi connectivity index (χ4n) is 1.48. The van der Waals surface area contributed by atoms with E-state index in [0.717, 1.165) is 27.8 Å². The number of carbonyl (C=O) groups is 1. The summed E-state index contributed by atoms with van der Waals surface area (Å²) in [5, 5.41) is 2.49. The molecule has 0 radical (unpaired) electrons. The number of allylic oxidation sites excluding steroid dienone is 2. The molecule has 0 unspecified atom stereocenters. The summed E-state index contributed by atoms with van der Waals surface area (Å²) >= 11 is 6.19. The van der Waals surface area contributed by atoms with Crippen LogP contribution < -0.4 is 5.32 Å². The van der Waals surface area contributed by atoms with Gasteiger partial charge in [0.05, 0.1) is 4.91 Å². The molecule has 2 rings (SSSR count). The Labute approximate surface area is 110 Å². The average Bonchev–Trinajstić information content (AvgIpc) is 2.58. The van der Waals surface area contributed by atoms with Gasteiger partial charge in [0, 0.05) is 0 Å². The van der Waals surface area contributed by atoms with Gasteiger partial charge in [0.25, 0.3) is 5.24 Å².